The first-order valence-corrected chi connectivity index (χ1v) is 6.51. The molecule has 0 aromatic rings. The standard InChI is InChI=1S/C9H15NO3S/c1-3-4-9(11)10-6-5-8(7-10)14(2,12)13/h3-4,8H,5-7H2,1-2H3/b4-3+. The van der Waals surface area contributed by atoms with E-state index in [4.69, 9.17) is 0 Å². The van der Waals surface area contributed by atoms with Gasteiger partial charge in [0.1, 0.15) is 0 Å². The fourth-order valence-electron chi connectivity index (χ4n) is 1.53. The summed E-state index contributed by atoms with van der Waals surface area (Å²) in [5.41, 5.74) is 0. The number of hydrogen-bond acceptors (Lipinski definition) is 3. The number of sulfone groups is 1. The summed E-state index contributed by atoms with van der Waals surface area (Å²) in [4.78, 5) is 12.9. The summed E-state index contributed by atoms with van der Waals surface area (Å²) in [7, 11) is -3.00. The van der Waals surface area contributed by atoms with Crippen molar-refractivity contribution in [1.82, 2.24) is 4.90 Å². The summed E-state index contributed by atoms with van der Waals surface area (Å²) in [5.74, 6) is -0.0985. The maximum absolute atomic E-state index is 11.4. The minimum Gasteiger partial charge on any atom is -0.338 e. The highest BCUT2D eigenvalue weighted by Gasteiger charge is 2.31. The maximum Gasteiger partial charge on any atom is 0.246 e. The third-order valence-electron chi connectivity index (χ3n) is 2.37. The van der Waals surface area contributed by atoms with Crippen LogP contribution in [0.3, 0.4) is 0 Å². The third-order valence-corrected chi connectivity index (χ3v) is 3.97. The van der Waals surface area contributed by atoms with Gasteiger partial charge in [-0.15, -0.1) is 0 Å². The molecule has 0 aliphatic carbocycles. The van der Waals surface area contributed by atoms with Crippen LogP contribution in [0.25, 0.3) is 0 Å². The molecule has 1 atom stereocenters. The lowest BCUT2D eigenvalue weighted by molar-refractivity contribution is -0.124. The van der Waals surface area contributed by atoms with Crippen LogP contribution >= 0.6 is 0 Å². The largest absolute Gasteiger partial charge is 0.338 e. The van der Waals surface area contributed by atoms with Crippen LogP contribution < -0.4 is 0 Å². The summed E-state index contributed by atoms with van der Waals surface area (Å²) in [5, 5.41) is -0.378. The van der Waals surface area contributed by atoms with Crippen molar-refractivity contribution in [2.24, 2.45) is 0 Å². The van der Waals surface area contributed by atoms with Gasteiger partial charge in [-0.25, -0.2) is 8.42 Å². The molecular formula is C9H15NO3S. The van der Waals surface area contributed by atoms with Crippen LogP contribution in [-0.4, -0.2) is 43.8 Å². The molecule has 14 heavy (non-hydrogen) atoms. The molecule has 0 N–H and O–H groups in total. The second-order valence-corrected chi connectivity index (χ2v) is 5.85. The van der Waals surface area contributed by atoms with E-state index in [-0.39, 0.29) is 11.2 Å². The van der Waals surface area contributed by atoms with Crippen molar-refractivity contribution >= 4 is 15.7 Å². The minimum atomic E-state index is -3.00. The molecule has 1 saturated heterocycles. The van der Waals surface area contributed by atoms with Gasteiger partial charge in [-0.2, -0.15) is 0 Å². The molecule has 0 spiro atoms. The number of nitrogens with zero attached hydrogens (tertiary/aromatic N) is 1. The van der Waals surface area contributed by atoms with Crippen LogP contribution in [0.15, 0.2) is 12.2 Å². The summed E-state index contributed by atoms with van der Waals surface area (Å²) >= 11 is 0. The number of carbonyl (C=O) groups is 1. The molecule has 0 aromatic carbocycles. The summed E-state index contributed by atoms with van der Waals surface area (Å²) in [6.07, 6.45) is 4.91. The van der Waals surface area contributed by atoms with Crippen molar-refractivity contribution in [3.05, 3.63) is 12.2 Å². The predicted molar refractivity (Wildman–Crippen MR) is 54.6 cm³/mol. The van der Waals surface area contributed by atoms with Crippen LogP contribution in [0.5, 0.6) is 0 Å². The normalized spacial score (nSPS) is 23.3. The Bertz CT molecular complexity index is 345. The number of allylic oxidation sites excluding steroid dienone is 1. The molecular weight excluding hydrogens is 202 g/mol. The molecule has 4 nitrogen and oxygen atoms in total. The van der Waals surface area contributed by atoms with Crippen LogP contribution in [0.1, 0.15) is 13.3 Å². The Morgan fingerprint density at radius 1 is 1.50 bits per heavy atom. The van der Waals surface area contributed by atoms with Crippen molar-refractivity contribution in [2.45, 2.75) is 18.6 Å². The van der Waals surface area contributed by atoms with E-state index in [1.54, 1.807) is 17.9 Å². The second-order valence-electron chi connectivity index (χ2n) is 3.52. The number of hydrogen-bond donors (Lipinski definition) is 0. The topological polar surface area (TPSA) is 54.5 Å². The van der Waals surface area contributed by atoms with Crippen LogP contribution in [0, 0.1) is 0 Å². The Balaban J connectivity index is 2.62. The lowest BCUT2D eigenvalue weighted by Gasteiger charge is -2.13. The monoisotopic (exact) mass is 217 g/mol. The van der Waals surface area contributed by atoms with E-state index in [9.17, 15) is 13.2 Å². The van der Waals surface area contributed by atoms with Crippen molar-refractivity contribution in [2.75, 3.05) is 19.3 Å². The quantitative estimate of drug-likeness (QED) is 0.621. The van der Waals surface area contributed by atoms with Gasteiger partial charge >= 0.3 is 0 Å². The molecule has 1 rings (SSSR count). The highest BCUT2D eigenvalue weighted by atomic mass is 32.2. The van der Waals surface area contributed by atoms with Gasteiger partial charge in [0.15, 0.2) is 9.84 Å². The van der Waals surface area contributed by atoms with Crippen LogP contribution in [0.4, 0.5) is 0 Å². The summed E-state index contributed by atoms with van der Waals surface area (Å²) in [6.45, 7) is 2.64. The van der Waals surface area contributed by atoms with Gasteiger partial charge in [-0.3, -0.25) is 4.79 Å². The Kier molecular flexibility index (Phi) is 3.31. The molecule has 80 valence electrons. The zero-order valence-electron chi connectivity index (χ0n) is 8.43. The zero-order valence-corrected chi connectivity index (χ0v) is 9.25. The van der Waals surface area contributed by atoms with Gasteiger partial charge in [0.2, 0.25) is 5.91 Å². The summed E-state index contributed by atoms with van der Waals surface area (Å²) in [6, 6.07) is 0. The smallest absolute Gasteiger partial charge is 0.246 e. The molecule has 5 heteroatoms. The van der Waals surface area contributed by atoms with E-state index in [1.807, 2.05) is 0 Å². The molecule has 1 fully saturated rings. The molecule has 1 unspecified atom stereocenters. The molecule has 1 aliphatic heterocycles. The van der Waals surface area contributed by atoms with E-state index in [2.05, 4.69) is 0 Å². The fourth-order valence-corrected chi connectivity index (χ4v) is 2.51. The molecule has 1 aliphatic rings. The number of amides is 1. The zero-order chi connectivity index (χ0) is 10.8. The first-order chi connectivity index (χ1) is 6.45. The SMILES string of the molecule is C/C=C/C(=O)N1CCC(S(C)(=O)=O)C1. The lowest BCUT2D eigenvalue weighted by Crippen LogP contribution is -2.30. The summed E-state index contributed by atoms with van der Waals surface area (Å²) < 4.78 is 22.4. The molecule has 0 bridgehead atoms. The van der Waals surface area contributed by atoms with E-state index in [0.29, 0.717) is 19.5 Å². The second kappa shape index (κ2) is 4.13. The average molecular weight is 217 g/mol. The van der Waals surface area contributed by atoms with Crippen LogP contribution in [0.2, 0.25) is 0 Å². The van der Waals surface area contributed by atoms with Crippen molar-refractivity contribution < 1.29 is 13.2 Å². The number of likely N-dealkylation sites (tertiary alicyclic amines) is 1. The highest BCUT2D eigenvalue weighted by molar-refractivity contribution is 7.91. The maximum atomic E-state index is 11.4. The van der Waals surface area contributed by atoms with Gasteiger partial charge in [-0.05, 0) is 19.4 Å². The molecule has 0 aromatic heterocycles. The fraction of sp³-hybridized carbons (Fsp3) is 0.667. The van der Waals surface area contributed by atoms with E-state index >= 15 is 0 Å². The molecule has 1 amide bonds. The third kappa shape index (κ3) is 2.57. The van der Waals surface area contributed by atoms with E-state index < -0.39 is 9.84 Å². The molecule has 0 radical (unpaired) electrons. The lowest BCUT2D eigenvalue weighted by atomic mass is 10.4. The Morgan fingerprint density at radius 3 is 2.57 bits per heavy atom. The van der Waals surface area contributed by atoms with Gasteiger partial charge < -0.3 is 4.90 Å². The first kappa shape index (κ1) is 11.2. The Labute approximate surface area is 84.5 Å². The number of rotatable bonds is 2. The molecule has 1 heterocycles. The predicted octanol–water partition coefficient (Wildman–Crippen LogP) is 0.208. The first-order valence-electron chi connectivity index (χ1n) is 4.55. The van der Waals surface area contributed by atoms with E-state index in [0.717, 1.165) is 0 Å². The highest BCUT2D eigenvalue weighted by Crippen LogP contribution is 2.16. The van der Waals surface area contributed by atoms with Crippen molar-refractivity contribution in [3.63, 3.8) is 0 Å². The molecule has 0 saturated carbocycles. The number of carbonyl (C=O) groups excluding carboxylic acids is 1. The van der Waals surface area contributed by atoms with E-state index in [1.165, 1.54) is 12.3 Å². The van der Waals surface area contributed by atoms with Gasteiger partial charge in [0.05, 0.1) is 5.25 Å². The van der Waals surface area contributed by atoms with Crippen molar-refractivity contribution in [1.29, 1.82) is 0 Å². The van der Waals surface area contributed by atoms with Gasteiger partial charge in [0, 0.05) is 19.3 Å². The Morgan fingerprint density at radius 2 is 2.14 bits per heavy atom. The minimum absolute atomic E-state index is 0.0985. The van der Waals surface area contributed by atoms with Crippen LogP contribution in [-0.2, 0) is 14.6 Å². The van der Waals surface area contributed by atoms with Gasteiger partial charge in [-0.1, -0.05) is 6.08 Å². The van der Waals surface area contributed by atoms with Crippen molar-refractivity contribution in [3.8, 4) is 0 Å². The van der Waals surface area contributed by atoms with Gasteiger partial charge in [0.25, 0.3) is 0 Å². The average Bonchev–Trinajstić information content (AvgIpc) is 2.51. The Hall–Kier alpha value is -0.840.